The minimum absolute atomic E-state index is 0.0145. The molecule has 1 atom stereocenters. The number of nitrogens with one attached hydrogen (secondary N) is 2. The summed E-state index contributed by atoms with van der Waals surface area (Å²) in [4.78, 5) is 0. The van der Waals surface area contributed by atoms with Gasteiger partial charge in [0.05, 0.1) is 18.4 Å². The van der Waals surface area contributed by atoms with Gasteiger partial charge in [0.25, 0.3) is 0 Å². The number of allylic oxidation sites excluding steroid dienone is 1. The molecule has 0 spiro atoms. The van der Waals surface area contributed by atoms with E-state index >= 15 is 0 Å². The zero-order valence-electron chi connectivity index (χ0n) is 9.04. The lowest BCUT2D eigenvalue weighted by atomic mass is 9.93. The Bertz CT molecular complexity index is 319. The number of hydrogen-bond donors (Lipinski definition) is 2. The van der Waals surface area contributed by atoms with Gasteiger partial charge in [-0.3, -0.25) is 0 Å². The Labute approximate surface area is 89.6 Å². The average Bonchev–Trinajstić information content (AvgIpc) is 2.28. The minimum Gasteiger partial charge on any atom is -0.378 e. The molecule has 0 aromatic heterocycles. The highest BCUT2D eigenvalue weighted by Gasteiger charge is 2.16. The highest BCUT2D eigenvalue weighted by atomic mass is 16.5. The first-order chi connectivity index (χ1) is 7.22. The van der Waals surface area contributed by atoms with E-state index in [1.807, 2.05) is 12.2 Å². The van der Waals surface area contributed by atoms with Crippen molar-refractivity contribution in [2.75, 3.05) is 20.8 Å². The molecule has 1 aliphatic rings. The molecule has 1 unspecified atom stereocenters. The number of ether oxygens (including phenoxy) is 2. The first kappa shape index (κ1) is 11.8. The minimum atomic E-state index is 0.0145. The van der Waals surface area contributed by atoms with E-state index in [0.29, 0.717) is 5.71 Å². The first-order valence-corrected chi connectivity index (χ1v) is 4.75. The van der Waals surface area contributed by atoms with Gasteiger partial charge in [-0.15, -0.1) is 0 Å². The van der Waals surface area contributed by atoms with Crippen molar-refractivity contribution in [3.05, 3.63) is 23.3 Å². The summed E-state index contributed by atoms with van der Waals surface area (Å²) in [5, 5.41) is 15.1. The highest BCUT2D eigenvalue weighted by Crippen LogP contribution is 2.20. The smallest absolute Gasteiger partial charge is 0.0883 e. The van der Waals surface area contributed by atoms with Gasteiger partial charge in [-0.25, -0.2) is 0 Å². The molecule has 4 heteroatoms. The second-order valence-corrected chi connectivity index (χ2v) is 3.31. The zero-order chi connectivity index (χ0) is 11.3. The summed E-state index contributed by atoms with van der Waals surface area (Å²) in [5.41, 5.74) is 1.91. The van der Waals surface area contributed by atoms with Gasteiger partial charge in [0.2, 0.25) is 0 Å². The van der Waals surface area contributed by atoms with E-state index in [-0.39, 0.29) is 12.7 Å². The lowest BCUT2D eigenvalue weighted by Crippen LogP contribution is -2.18. The third-order valence-electron chi connectivity index (χ3n) is 2.30. The molecule has 2 N–H and O–H groups in total. The Morgan fingerprint density at radius 2 is 2.33 bits per heavy atom. The normalized spacial score (nSPS) is 20.5. The predicted octanol–water partition coefficient (Wildman–Crippen LogP) is 1.57. The lowest BCUT2D eigenvalue weighted by Gasteiger charge is -2.19. The van der Waals surface area contributed by atoms with Crippen LogP contribution in [0, 0.1) is 10.8 Å². The molecule has 0 fully saturated rings. The fourth-order valence-corrected chi connectivity index (χ4v) is 1.52. The standard InChI is InChI=1S/C11H16N2O2/c1-14-7-11(13)10-4-3-9(15-2)5-8(10)6-12/h4-6,9,12-13H,3,7H2,1-2H3. The lowest BCUT2D eigenvalue weighted by molar-refractivity contribution is 0.142. The van der Waals surface area contributed by atoms with E-state index in [1.165, 1.54) is 6.21 Å². The molecule has 0 bridgehead atoms. The largest absolute Gasteiger partial charge is 0.378 e. The van der Waals surface area contributed by atoms with E-state index < -0.39 is 0 Å². The van der Waals surface area contributed by atoms with Crippen molar-refractivity contribution in [3.8, 4) is 0 Å². The van der Waals surface area contributed by atoms with Crippen molar-refractivity contribution in [2.45, 2.75) is 12.5 Å². The summed E-state index contributed by atoms with van der Waals surface area (Å²) in [5.74, 6) is 0. The second-order valence-electron chi connectivity index (χ2n) is 3.31. The molecular weight excluding hydrogens is 192 g/mol. The second kappa shape index (κ2) is 5.58. The van der Waals surface area contributed by atoms with E-state index in [9.17, 15) is 0 Å². The van der Waals surface area contributed by atoms with E-state index in [1.54, 1.807) is 14.2 Å². The fourth-order valence-electron chi connectivity index (χ4n) is 1.52. The van der Waals surface area contributed by atoms with E-state index in [0.717, 1.165) is 17.6 Å². The van der Waals surface area contributed by atoms with Gasteiger partial charge >= 0.3 is 0 Å². The molecule has 0 aliphatic heterocycles. The van der Waals surface area contributed by atoms with Crippen LogP contribution in [0.1, 0.15) is 6.42 Å². The maximum absolute atomic E-state index is 7.76. The van der Waals surface area contributed by atoms with Gasteiger partial charge in [0.1, 0.15) is 0 Å². The predicted molar refractivity (Wildman–Crippen MR) is 60.0 cm³/mol. The van der Waals surface area contributed by atoms with Gasteiger partial charge in [-0.1, -0.05) is 6.08 Å². The van der Waals surface area contributed by atoms with Crippen molar-refractivity contribution in [1.29, 1.82) is 10.8 Å². The fraction of sp³-hybridized carbons (Fsp3) is 0.455. The van der Waals surface area contributed by atoms with Gasteiger partial charge in [0.15, 0.2) is 0 Å². The maximum atomic E-state index is 7.76. The summed E-state index contributed by atoms with van der Waals surface area (Å²) in [6.07, 6.45) is 5.81. The van der Waals surface area contributed by atoms with Crippen LogP contribution in [0.25, 0.3) is 0 Å². The van der Waals surface area contributed by atoms with Crippen LogP contribution >= 0.6 is 0 Å². The number of methoxy groups -OCH3 is 2. The summed E-state index contributed by atoms with van der Waals surface area (Å²) in [6.45, 7) is 0.272. The summed E-state index contributed by atoms with van der Waals surface area (Å²) in [6, 6.07) is 0. The van der Waals surface area contributed by atoms with Crippen molar-refractivity contribution < 1.29 is 9.47 Å². The van der Waals surface area contributed by atoms with Crippen LogP contribution in [0.15, 0.2) is 23.3 Å². The van der Waals surface area contributed by atoms with Gasteiger partial charge in [-0.2, -0.15) is 0 Å². The molecule has 15 heavy (non-hydrogen) atoms. The average molecular weight is 208 g/mol. The van der Waals surface area contributed by atoms with Crippen molar-refractivity contribution >= 4 is 11.9 Å². The molecule has 0 amide bonds. The number of hydrogen-bond acceptors (Lipinski definition) is 4. The first-order valence-electron chi connectivity index (χ1n) is 4.75. The van der Waals surface area contributed by atoms with Crippen LogP contribution in [0.3, 0.4) is 0 Å². The van der Waals surface area contributed by atoms with Crippen molar-refractivity contribution in [2.24, 2.45) is 0 Å². The third-order valence-corrected chi connectivity index (χ3v) is 2.30. The monoisotopic (exact) mass is 208 g/mol. The number of rotatable bonds is 5. The van der Waals surface area contributed by atoms with Gasteiger partial charge in [0, 0.05) is 26.0 Å². The van der Waals surface area contributed by atoms with Crippen LogP contribution in [0.4, 0.5) is 0 Å². The van der Waals surface area contributed by atoms with Crippen LogP contribution in [-0.2, 0) is 9.47 Å². The van der Waals surface area contributed by atoms with Crippen LogP contribution in [0.2, 0.25) is 0 Å². The molecule has 0 saturated carbocycles. The molecule has 0 heterocycles. The molecule has 1 aliphatic carbocycles. The SMILES string of the molecule is COCC(=N)C1=CCC(OC)C=C1C=N. The van der Waals surface area contributed by atoms with Crippen LogP contribution in [-0.4, -0.2) is 38.9 Å². The van der Waals surface area contributed by atoms with Gasteiger partial charge in [-0.05, 0) is 18.1 Å². The Hall–Kier alpha value is -1.26. The summed E-state index contributed by atoms with van der Waals surface area (Å²) < 4.78 is 10.1. The van der Waals surface area contributed by atoms with Crippen LogP contribution in [0.5, 0.6) is 0 Å². The summed E-state index contributed by atoms with van der Waals surface area (Å²) >= 11 is 0. The Morgan fingerprint density at radius 1 is 1.60 bits per heavy atom. The molecule has 4 nitrogen and oxygen atoms in total. The third kappa shape index (κ3) is 2.84. The Balaban J connectivity index is 2.82. The molecule has 0 aromatic carbocycles. The quantitative estimate of drug-likeness (QED) is 0.673. The van der Waals surface area contributed by atoms with Crippen molar-refractivity contribution in [1.82, 2.24) is 0 Å². The molecule has 1 rings (SSSR count). The molecule has 0 aromatic rings. The molecular formula is C11H16N2O2. The Morgan fingerprint density at radius 3 is 2.87 bits per heavy atom. The highest BCUT2D eigenvalue weighted by molar-refractivity contribution is 6.09. The van der Waals surface area contributed by atoms with E-state index in [4.69, 9.17) is 20.3 Å². The maximum Gasteiger partial charge on any atom is 0.0883 e. The Kier molecular flexibility index (Phi) is 4.39. The van der Waals surface area contributed by atoms with Crippen molar-refractivity contribution in [3.63, 3.8) is 0 Å². The topological polar surface area (TPSA) is 66.2 Å². The van der Waals surface area contributed by atoms with Gasteiger partial charge < -0.3 is 20.3 Å². The zero-order valence-corrected chi connectivity index (χ0v) is 9.04. The van der Waals surface area contributed by atoms with Crippen LogP contribution < -0.4 is 0 Å². The molecule has 82 valence electrons. The molecule has 0 radical (unpaired) electrons. The van der Waals surface area contributed by atoms with E-state index in [2.05, 4.69) is 0 Å². The molecule has 0 saturated heterocycles. The summed E-state index contributed by atoms with van der Waals surface area (Å²) in [7, 11) is 3.20.